The second-order valence-electron chi connectivity index (χ2n) is 6.65. The van der Waals surface area contributed by atoms with E-state index < -0.39 is 22.0 Å². The molecule has 3 heterocycles. The van der Waals surface area contributed by atoms with E-state index in [1.165, 1.54) is 37.5 Å². The van der Waals surface area contributed by atoms with Gasteiger partial charge in [0.1, 0.15) is 17.3 Å². The van der Waals surface area contributed by atoms with Crippen LogP contribution in [0.4, 0.5) is 10.5 Å². The molecule has 0 radical (unpaired) electrons. The SMILES string of the molecule is COC(=O)c1ccc(CN2C(=O)S/C(=C\c3ccc(-c4ccc([N+](=O)[O-])cc4Br)o3)C2=O)o1. The Balaban J connectivity index is 1.51. The van der Waals surface area contributed by atoms with E-state index in [9.17, 15) is 24.5 Å². The van der Waals surface area contributed by atoms with Crippen molar-refractivity contribution in [3.63, 3.8) is 0 Å². The number of ether oxygens (including phenoxy) is 1. The molecule has 0 N–H and O–H groups in total. The lowest BCUT2D eigenvalue weighted by Gasteiger charge is -2.09. The molecular weight excluding hydrogens is 520 g/mol. The number of rotatable bonds is 6. The molecule has 10 nitrogen and oxygen atoms in total. The number of nitro benzene ring substituents is 1. The Morgan fingerprint density at radius 3 is 2.70 bits per heavy atom. The highest BCUT2D eigenvalue weighted by Crippen LogP contribution is 2.36. The molecule has 0 unspecified atom stereocenters. The number of esters is 1. The number of halogens is 1. The normalized spacial score (nSPS) is 14.8. The Morgan fingerprint density at radius 2 is 2.00 bits per heavy atom. The van der Waals surface area contributed by atoms with Crippen molar-refractivity contribution in [1.29, 1.82) is 0 Å². The van der Waals surface area contributed by atoms with E-state index in [0.29, 0.717) is 21.6 Å². The number of non-ortho nitro benzene ring substituents is 1. The molecule has 1 aliphatic rings. The van der Waals surface area contributed by atoms with Gasteiger partial charge in [-0.25, -0.2) is 4.79 Å². The Hall–Kier alpha value is -3.64. The van der Waals surface area contributed by atoms with Crippen LogP contribution >= 0.6 is 27.7 Å². The van der Waals surface area contributed by atoms with Crippen molar-refractivity contribution in [1.82, 2.24) is 4.90 Å². The van der Waals surface area contributed by atoms with Crippen molar-refractivity contribution in [2.45, 2.75) is 6.54 Å². The van der Waals surface area contributed by atoms with Crippen molar-refractivity contribution < 1.29 is 32.9 Å². The summed E-state index contributed by atoms with van der Waals surface area (Å²) in [4.78, 5) is 48.1. The molecule has 12 heteroatoms. The molecule has 0 saturated carbocycles. The fourth-order valence-corrected chi connectivity index (χ4v) is 4.37. The summed E-state index contributed by atoms with van der Waals surface area (Å²) in [5.41, 5.74) is 0.522. The molecule has 2 amide bonds. The third kappa shape index (κ3) is 4.61. The van der Waals surface area contributed by atoms with Crippen LogP contribution in [0.25, 0.3) is 17.4 Å². The Bertz CT molecular complexity index is 1330. The Morgan fingerprint density at radius 1 is 1.21 bits per heavy atom. The van der Waals surface area contributed by atoms with Crippen molar-refractivity contribution in [3.8, 4) is 11.3 Å². The van der Waals surface area contributed by atoms with E-state index in [1.54, 1.807) is 18.2 Å². The predicted molar refractivity (Wildman–Crippen MR) is 120 cm³/mol. The quantitative estimate of drug-likeness (QED) is 0.181. The van der Waals surface area contributed by atoms with Crippen LogP contribution in [0.5, 0.6) is 0 Å². The number of carbonyl (C=O) groups is 3. The summed E-state index contributed by atoms with van der Waals surface area (Å²) < 4.78 is 16.1. The van der Waals surface area contributed by atoms with Crippen molar-refractivity contribution in [3.05, 3.63) is 79.2 Å². The van der Waals surface area contributed by atoms with Gasteiger partial charge < -0.3 is 13.6 Å². The monoisotopic (exact) mass is 532 g/mol. The van der Waals surface area contributed by atoms with E-state index in [2.05, 4.69) is 20.7 Å². The van der Waals surface area contributed by atoms with Gasteiger partial charge in [0.2, 0.25) is 5.76 Å². The standard InChI is InChI=1S/C21H13BrN2O8S/c1-30-20(26)17-7-4-13(32-17)10-23-19(25)18(33-21(23)27)9-12-3-6-16(31-12)14-5-2-11(24(28)29)8-15(14)22/h2-9H,10H2,1H3/b18-9-. The number of thioether (sulfide) groups is 1. The highest BCUT2D eigenvalue weighted by Gasteiger charge is 2.36. The number of amides is 2. The number of nitro groups is 1. The van der Waals surface area contributed by atoms with Gasteiger partial charge in [-0.15, -0.1) is 0 Å². The maximum atomic E-state index is 12.7. The lowest BCUT2D eigenvalue weighted by Crippen LogP contribution is -2.27. The first kappa shape index (κ1) is 22.6. The molecule has 1 aliphatic heterocycles. The van der Waals surface area contributed by atoms with Crippen LogP contribution in [-0.4, -0.2) is 34.0 Å². The van der Waals surface area contributed by atoms with Gasteiger partial charge in [-0.05, 0) is 58.0 Å². The van der Waals surface area contributed by atoms with Crippen molar-refractivity contribution >= 4 is 56.6 Å². The first-order chi connectivity index (χ1) is 15.8. The second-order valence-corrected chi connectivity index (χ2v) is 8.50. The Labute approximate surface area is 198 Å². The van der Waals surface area contributed by atoms with Crippen LogP contribution in [-0.2, 0) is 16.1 Å². The first-order valence-electron chi connectivity index (χ1n) is 9.23. The highest BCUT2D eigenvalue weighted by molar-refractivity contribution is 9.10. The van der Waals surface area contributed by atoms with Gasteiger partial charge in [0.15, 0.2) is 0 Å². The van der Waals surface area contributed by atoms with Crippen LogP contribution in [0.15, 0.2) is 60.7 Å². The summed E-state index contributed by atoms with van der Waals surface area (Å²) in [6.07, 6.45) is 1.44. The van der Waals surface area contributed by atoms with E-state index in [0.717, 1.165) is 16.7 Å². The first-order valence-corrected chi connectivity index (χ1v) is 10.8. The number of carbonyl (C=O) groups excluding carboxylic acids is 3. The number of methoxy groups -OCH3 is 1. The maximum Gasteiger partial charge on any atom is 0.373 e. The summed E-state index contributed by atoms with van der Waals surface area (Å²) in [5.74, 6) is -0.225. The number of furan rings is 2. The number of hydrogen-bond acceptors (Lipinski definition) is 9. The highest BCUT2D eigenvalue weighted by atomic mass is 79.9. The smallest absolute Gasteiger partial charge is 0.373 e. The fourth-order valence-electron chi connectivity index (χ4n) is 2.99. The molecule has 1 fully saturated rings. The minimum Gasteiger partial charge on any atom is -0.463 e. The number of imide groups is 1. The molecule has 0 atom stereocenters. The van der Waals surface area contributed by atoms with E-state index in [4.69, 9.17) is 8.83 Å². The number of hydrogen-bond donors (Lipinski definition) is 0. The summed E-state index contributed by atoms with van der Waals surface area (Å²) >= 11 is 4.04. The molecular formula is C21H13BrN2O8S. The Kier molecular flexibility index (Phi) is 6.20. The van der Waals surface area contributed by atoms with Crippen LogP contribution < -0.4 is 0 Å². The van der Waals surface area contributed by atoms with Crippen molar-refractivity contribution in [2.24, 2.45) is 0 Å². The zero-order valence-corrected chi connectivity index (χ0v) is 19.2. The summed E-state index contributed by atoms with van der Waals surface area (Å²) in [7, 11) is 1.21. The molecule has 1 aromatic carbocycles. The zero-order valence-electron chi connectivity index (χ0n) is 16.8. The van der Waals surface area contributed by atoms with Crippen molar-refractivity contribution in [2.75, 3.05) is 7.11 Å². The number of nitrogens with zero attached hydrogens (tertiary/aromatic N) is 2. The van der Waals surface area contributed by atoms with E-state index in [1.807, 2.05) is 0 Å². The minimum atomic E-state index is -0.663. The van der Waals surface area contributed by atoms with Gasteiger partial charge in [-0.3, -0.25) is 24.6 Å². The molecule has 33 heavy (non-hydrogen) atoms. The molecule has 0 spiro atoms. The van der Waals surface area contributed by atoms with Crippen LogP contribution in [0.3, 0.4) is 0 Å². The van der Waals surface area contributed by atoms with Gasteiger partial charge in [-0.1, -0.05) is 0 Å². The summed E-state index contributed by atoms with van der Waals surface area (Å²) in [5, 5.41) is 10.4. The van der Waals surface area contributed by atoms with Crippen LogP contribution in [0, 0.1) is 10.1 Å². The van der Waals surface area contributed by atoms with E-state index >= 15 is 0 Å². The van der Waals surface area contributed by atoms with E-state index in [-0.39, 0.29) is 28.7 Å². The minimum absolute atomic E-state index is 0.0319. The van der Waals surface area contributed by atoms with Gasteiger partial charge in [0.05, 0.1) is 23.5 Å². The summed E-state index contributed by atoms with van der Waals surface area (Å²) in [6.45, 7) is -0.141. The fraction of sp³-hybridized carbons (Fsp3) is 0.0952. The van der Waals surface area contributed by atoms with Gasteiger partial charge in [0.25, 0.3) is 16.8 Å². The predicted octanol–water partition coefficient (Wildman–Crippen LogP) is 5.23. The molecule has 4 rings (SSSR count). The van der Waals surface area contributed by atoms with Gasteiger partial charge >= 0.3 is 5.97 Å². The molecule has 0 bridgehead atoms. The average Bonchev–Trinajstić information content (AvgIpc) is 3.50. The number of benzene rings is 1. The molecule has 2 aromatic heterocycles. The topological polar surface area (TPSA) is 133 Å². The molecule has 0 aliphatic carbocycles. The average molecular weight is 533 g/mol. The lowest BCUT2D eigenvalue weighted by molar-refractivity contribution is -0.384. The maximum absolute atomic E-state index is 12.7. The van der Waals surface area contributed by atoms with Gasteiger partial charge in [0, 0.05) is 28.2 Å². The lowest BCUT2D eigenvalue weighted by atomic mass is 10.1. The molecule has 168 valence electrons. The van der Waals surface area contributed by atoms with Crippen LogP contribution in [0.2, 0.25) is 0 Å². The third-order valence-corrected chi connectivity index (χ3v) is 6.13. The third-order valence-electron chi connectivity index (χ3n) is 4.56. The summed E-state index contributed by atoms with van der Waals surface area (Å²) in [6, 6.07) is 10.4. The molecule has 1 saturated heterocycles. The van der Waals surface area contributed by atoms with Gasteiger partial charge in [-0.2, -0.15) is 0 Å². The zero-order chi connectivity index (χ0) is 23.7. The molecule has 3 aromatic rings. The largest absolute Gasteiger partial charge is 0.463 e. The van der Waals surface area contributed by atoms with Crippen LogP contribution in [0.1, 0.15) is 22.1 Å². The second kappa shape index (κ2) is 9.08.